The number of thiophene rings is 1. The lowest BCUT2D eigenvalue weighted by atomic mass is 10.1. The molecule has 0 fully saturated rings. The van der Waals surface area contributed by atoms with Gasteiger partial charge in [0.15, 0.2) is 0 Å². The molecule has 0 bridgehead atoms. The molecule has 122 valence electrons. The first-order valence-corrected chi connectivity index (χ1v) is 7.80. The Morgan fingerprint density at radius 1 is 1.17 bits per heavy atom. The second-order valence-corrected chi connectivity index (χ2v) is 5.93. The zero-order valence-electron chi connectivity index (χ0n) is 12.9. The Morgan fingerprint density at radius 2 is 1.87 bits per heavy atom. The molecular weight excluding hydrogens is 316 g/mol. The molecule has 0 saturated heterocycles. The zero-order chi connectivity index (χ0) is 16.8. The molecule has 1 aromatic carbocycles. The Kier molecular flexibility index (Phi) is 5.72. The highest BCUT2D eigenvalue weighted by atomic mass is 32.1. The number of carboxylic acid groups (broad SMARTS) is 1. The predicted molar refractivity (Wildman–Crippen MR) is 87.1 cm³/mol. The molecule has 6 nitrogen and oxygen atoms in total. The summed E-state index contributed by atoms with van der Waals surface area (Å²) in [5.74, 6) is -0.257. The van der Waals surface area contributed by atoms with Crippen molar-refractivity contribution < 1.29 is 19.5 Å². The Hall–Kier alpha value is -2.38. The van der Waals surface area contributed by atoms with Crippen molar-refractivity contribution in [3.63, 3.8) is 0 Å². The maximum Gasteiger partial charge on any atom is 0.407 e. The Labute approximate surface area is 138 Å². The van der Waals surface area contributed by atoms with E-state index in [9.17, 15) is 14.7 Å². The first-order valence-electron chi connectivity index (χ1n) is 6.92. The molecule has 1 heterocycles. The molecule has 0 aliphatic heterocycles. The van der Waals surface area contributed by atoms with E-state index in [0.29, 0.717) is 12.1 Å². The van der Waals surface area contributed by atoms with Crippen LogP contribution in [-0.2, 0) is 17.9 Å². The summed E-state index contributed by atoms with van der Waals surface area (Å²) in [7, 11) is 2.95. The van der Waals surface area contributed by atoms with E-state index in [0.717, 1.165) is 15.5 Å². The van der Waals surface area contributed by atoms with E-state index in [4.69, 9.17) is 4.84 Å². The van der Waals surface area contributed by atoms with Crippen molar-refractivity contribution in [1.82, 2.24) is 9.96 Å². The second kappa shape index (κ2) is 7.75. The molecule has 0 unspecified atom stereocenters. The topological polar surface area (TPSA) is 70.1 Å². The van der Waals surface area contributed by atoms with Gasteiger partial charge >= 0.3 is 6.09 Å². The molecule has 0 spiro atoms. The Morgan fingerprint density at radius 3 is 2.39 bits per heavy atom. The van der Waals surface area contributed by atoms with Crippen LogP contribution in [0.4, 0.5) is 4.79 Å². The largest absolute Gasteiger partial charge is 0.465 e. The second-order valence-electron chi connectivity index (χ2n) is 4.90. The van der Waals surface area contributed by atoms with Crippen molar-refractivity contribution in [2.24, 2.45) is 0 Å². The summed E-state index contributed by atoms with van der Waals surface area (Å²) in [5, 5.41) is 12.4. The monoisotopic (exact) mass is 334 g/mol. The van der Waals surface area contributed by atoms with Gasteiger partial charge in [0.05, 0.1) is 13.7 Å². The van der Waals surface area contributed by atoms with Gasteiger partial charge in [-0.2, -0.15) is 0 Å². The van der Waals surface area contributed by atoms with E-state index >= 15 is 0 Å². The third-order valence-electron chi connectivity index (χ3n) is 3.33. The van der Waals surface area contributed by atoms with Gasteiger partial charge in [-0.05, 0) is 29.1 Å². The molecule has 23 heavy (non-hydrogen) atoms. The molecule has 0 aliphatic rings. The molecule has 1 aromatic heterocycles. The van der Waals surface area contributed by atoms with Gasteiger partial charge < -0.3 is 5.11 Å². The van der Waals surface area contributed by atoms with Crippen LogP contribution in [0.3, 0.4) is 0 Å². The standard InChI is InChI=1S/C16H18N2O4S/c1-17(22-2)15(19)13-7-5-12(6-8-13)10-18(16(20)21)11-14-4-3-9-23-14/h3-9H,10-11H2,1-2H3,(H,20,21). The van der Waals surface area contributed by atoms with Crippen LogP contribution >= 0.6 is 11.3 Å². The SMILES string of the molecule is CON(C)C(=O)c1ccc(CN(Cc2cccs2)C(=O)O)cc1. The first-order chi connectivity index (χ1) is 11.0. The van der Waals surface area contributed by atoms with E-state index in [1.807, 2.05) is 17.5 Å². The fourth-order valence-corrected chi connectivity index (χ4v) is 2.74. The summed E-state index contributed by atoms with van der Waals surface area (Å²) >= 11 is 1.52. The average Bonchev–Trinajstić information content (AvgIpc) is 3.06. The van der Waals surface area contributed by atoms with E-state index < -0.39 is 6.09 Å². The summed E-state index contributed by atoms with van der Waals surface area (Å²) < 4.78 is 0. The number of carbonyl (C=O) groups excluding carboxylic acids is 1. The first kappa shape index (κ1) is 17.0. The van der Waals surface area contributed by atoms with E-state index in [1.165, 1.54) is 30.4 Å². The smallest absolute Gasteiger partial charge is 0.407 e. The minimum atomic E-state index is -0.974. The number of hydroxylamine groups is 2. The van der Waals surface area contributed by atoms with Crippen molar-refractivity contribution in [3.8, 4) is 0 Å². The summed E-state index contributed by atoms with van der Waals surface area (Å²) in [6, 6.07) is 10.6. The molecule has 0 saturated carbocycles. The number of rotatable bonds is 6. The van der Waals surface area contributed by atoms with Crippen LogP contribution in [0.1, 0.15) is 20.8 Å². The highest BCUT2D eigenvalue weighted by molar-refractivity contribution is 7.09. The van der Waals surface area contributed by atoms with Crippen molar-refractivity contribution in [2.45, 2.75) is 13.1 Å². The van der Waals surface area contributed by atoms with Crippen LogP contribution in [0, 0.1) is 0 Å². The molecule has 7 heteroatoms. The van der Waals surface area contributed by atoms with Crippen LogP contribution < -0.4 is 0 Å². The van der Waals surface area contributed by atoms with Crippen molar-refractivity contribution in [1.29, 1.82) is 0 Å². The maximum atomic E-state index is 11.9. The van der Waals surface area contributed by atoms with Crippen LogP contribution in [-0.4, -0.2) is 41.2 Å². The fraction of sp³-hybridized carbons (Fsp3) is 0.250. The fourth-order valence-electron chi connectivity index (χ4n) is 2.02. The van der Waals surface area contributed by atoms with Gasteiger partial charge in [-0.15, -0.1) is 11.3 Å². The molecule has 0 aliphatic carbocycles. The summed E-state index contributed by atoms with van der Waals surface area (Å²) in [6.07, 6.45) is -0.974. The van der Waals surface area contributed by atoms with Crippen molar-refractivity contribution in [2.75, 3.05) is 14.2 Å². The number of carbonyl (C=O) groups is 2. The molecule has 2 rings (SSSR count). The normalized spacial score (nSPS) is 10.3. The third-order valence-corrected chi connectivity index (χ3v) is 4.19. The van der Waals surface area contributed by atoms with E-state index in [-0.39, 0.29) is 12.5 Å². The van der Waals surface area contributed by atoms with Crippen LogP contribution in [0.25, 0.3) is 0 Å². The lowest BCUT2D eigenvalue weighted by molar-refractivity contribution is -0.0757. The van der Waals surface area contributed by atoms with Gasteiger partial charge in [-0.1, -0.05) is 18.2 Å². The van der Waals surface area contributed by atoms with E-state index in [2.05, 4.69) is 0 Å². The Balaban J connectivity index is 2.06. The third kappa shape index (κ3) is 4.54. The maximum absolute atomic E-state index is 11.9. The Bertz CT molecular complexity index is 655. The molecule has 2 aromatic rings. The zero-order valence-corrected chi connectivity index (χ0v) is 13.7. The van der Waals surface area contributed by atoms with Gasteiger partial charge in [-0.25, -0.2) is 9.86 Å². The lowest BCUT2D eigenvalue weighted by Gasteiger charge is -2.19. The van der Waals surface area contributed by atoms with Gasteiger partial charge in [0.2, 0.25) is 0 Å². The van der Waals surface area contributed by atoms with Crippen LogP contribution in [0.15, 0.2) is 41.8 Å². The highest BCUT2D eigenvalue weighted by Gasteiger charge is 2.15. The van der Waals surface area contributed by atoms with Gasteiger partial charge in [0, 0.05) is 24.0 Å². The summed E-state index contributed by atoms with van der Waals surface area (Å²) in [5.41, 5.74) is 1.30. The number of amides is 2. The van der Waals surface area contributed by atoms with Crippen LogP contribution in [0.2, 0.25) is 0 Å². The summed E-state index contributed by atoms with van der Waals surface area (Å²) in [4.78, 5) is 30.5. The van der Waals surface area contributed by atoms with Gasteiger partial charge in [-0.3, -0.25) is 14.5 Å². The van der Waals surface area contributed by atoms with Crippen molar-refractivity contribution in [3.05, 3.63) is 57.8 Å². The predicted octanol–water partition coefficient (Wildman–Crippen LogP) is 3.06. The van der Waals surface area contributed by atoms with Crippen LogP contribution in [0.5, 0.6) is 0 Å². The number of hydrogen-bond acceptors (Lipinski definition) is 4. The minimum absolute atomic E-state index is 0.257. The average molecular weight is 334 g/mol. The molecule has 2 amide bonds. The van der Waals surface area contributed by atoms with E-state index in [1.54, 1.807) is 24.3 Å². The number of benzene rings is 1. The molecule has 0 atom stereocenters. The summed E-state index contributed by atoms with van der Waals surface area (Å²) in [6.45, 7) is 0.613. The molecular formula is C16H18N2O4S. The van der Waals surface area contributed by atoms with Gasteiger partial charge in [0.25, 0.3) is 5.91 Å². The minimum Gasteiger partial charge on any atom is -0.465 e. The van der Waals surface area contributed by atoms with Gasteiger partial charge in [0.1, 0.15) is 0 Å². The molecule has 1 N–H and O–H groups in total. The molecule has 0 radical (unpaired) electrons. The number of hydrogen-bond donors (Lipinski definition) is 1. The lowest BCUT2D eigenvalue weighted by Crippen LogP contribution is -2.28. The quantitative estimate of drug-likeness (QED) is 0.824. The highest BCUT2D eigenvalue weighted by Crippen LogP contribution is 2.15. The van der Waals surface area contributed by atoms with Crippen molar-refractivity contribution >= 4 is 23.3 Å². The number of nitrogens with zero attached hydrogens (tertiary/aromatic N) is 2.